The Kier molecular flexibility index (Phi) is 4.50. The quantitative estimate of drug-likeness (QED) is 0.799. The van der Waals surface area contributed by atoms with Gasteiger partial charge in [-0.3, -0.25) is 4.79 Å². The fourth-order valence-electron chi connectivity index (χ4n) is 2.50. The predicted octanol–water partition coefficient (Wildman–Crippen LogP) is 2.35. The average Bonchev–Trinajstić information content (AvgIpc) is 2.35. The lowest BCUT2D eigenvalue weighted by Crippen LogP contribution is -2.43. The molecule has 2 rings (SSSR count). The van der Waals surface area contributed by atoms with E-state index in [1.54, 1.807) is 17.0 Å². The first kappa shape index (κ1) is 14.4. The van der Waals surface area contributed by atoms with Gasteiger partial charge in [0.05, 0.1) is 0 Å². The van der Waals surface area contributed by atoms with Crippen LogP contribution in [0.2, 0.25) is 0 Å². The molecule has 2 unspecified atom stereocenters. The van der Waals surface area contributed by atoms with Crippen LogP contribution in [0.3, 0.4) is 0 Å². The van der Waals surface area contributed by atoms with Crippen molar-refractivity contribution in [3.05, 3.63) is 22.7 Å². The summed E-state index contributed by atoms with van der Waals surface area (Å²) in [6.45, 7) is 8.69. The zero-order valence-corrected chi connectivity index (χ0v) is 12.6. The minimum Gasteiger partial charge on any atom is -0.352 e. The SMILES string of the molecule is CC(C)Cn1ccnc(N2CCC(Cl)C(C)C2)c1=O. The van der Waals surface area contributed by atoms with E-state index in [1.807, 2.05) is 0 Å². The first-order valence-corrected chi connectivity index (χ1v) is 7.37. The maximum Gasteiger partial charge on any atom is 0.293 e. The summed E-state index contributed by atoms with van der Waals surface area (Å²) in [6, 6.07) is 0. The van der Waals surface area contributed by atoms with Gasteiger partial charge < -0.3 is 9.47 Å². The smallest absolute Gasteiger partial charge is 0.293 e. The first-order chi connectivity index (χ1) is 8.99. The zero-order chi connectivity index (χ0) is 14.0. The van der Waals surface area contributed by atoms with Crippen molar-refractivity contribution in [3.63, 3.8) is 0 Å². The van der Waals surface area contributed by atoms with Crippen LogP contribution < -0.4 is 10.5 Å². The molecule has 0 aromatic carbocycles. The maximum atomic E-state index is 12.4. The molecule has 0 amide bonds. The normalized spacial score (nSPS) is 23.9. The summed E-state index contributed by atoms with van der Waals surface area (Å²) in [6.07, 6.45) is 4.39. The molecule has 4 nitrogen and oxygen atoms in total. The third kappa shape index (κ3) is 3.30. The summed E-state index contributed by atoms with van der Waals surface area (Å²) in [5.41, 5.74) is 0.0106. The molecule has 106 valence electrons. The molecule has 0 radical (unpaired) electrons. The van der Waals surface area contributed by atoms with E-state index in [0.717, 1.165) is 26.1 Å². The summed E-state index contributed by atoms with van der Waals surface area (Å²) in [5.74, 6) is 1.40. The molecule has 1 aromatic rings. The number of hydrogen-bond donors (Lipinski definition) is 0. The monoisotopic (exact) mass is 283 g/mol. The van der Waals surface area contributed by atoms with Crippen LogP contribution in [0.1, 0.15) is 27.2 Å². The molecule has 1 saturated heterocycles. The average molecular weight is 284 g/mol. The molecule has 1 aliphatic heterocycles. The lowest BCUT2D eigenvalue weighted by atomic mass is 10.00. The van der Waals surface area contributed by atoms with Gasteiger partial charge in [-0.15, -0.1) is 11.6 Å². The molecule has 0 aliphatic carbocycles. The van der Waals surface area contributed by atoms with Crippen LogP contribution in [-0.4, -0.2) is 28.0 Å². The van der Waals surface area contributed by atoms with Crippen molar-refractivity contribution >= 4 is 17.4 Å². The number of aromatic nitrogens is 2. The minimum atomic E-state index is 0.0106. The summed E-state index contributed by atoms with van der Waals surface area (Å²) in [4.78, 5) is 18.8. The van der Waals surface area contributed by atoms with Gasteiger partial charge >= 0.3 is 0 Å². The molecule has 1 aromatic heterocycles. The van der Waals surface area contributed by atoms with Gasteiger partial charge in [-0.2, -0.15) is 0 Å². The van der Waals surface area contributed by atoms with Crippen molar-refractivity contribution in [3.8, 4) is 0 Å². The minimum absolute atomic E-state index is 0.0106. The van der Waals surface area contributed by atoms with Crippen LogP contribution in [-0.2, 0) is 6.54 Å². The molecule has 2 heterocycles. The second-order valence-corrected chi connectivity index (χ2v) is 6.39. The van der Waals surface area contributed by atoms with Crippen molar-refractivity contribution < 1.29 is 0 Å². The van der Waals surface area contributed by atoms with Gasteiger partial charge in [0.1, 0.15) is 0 Å². The highest BCUT2D eigenvalue weighted by atomic mass is 35.5. The Morgan fingerprint density at radius 1 is 1.53 bits per heavy atom. The Balaban J connectivity index is 2.23. The Bertz CT molecular complexity index is 486. The van der Waals surface area contributed by atoms with Crippen LogP contribution in [0.15, 0.2) is 17.2 Å². The highest BCUT2D eigenvalue weighted by Crippen LogP contribution is 2.23. The molecule has 5 heteroatoms. The molecule has 0 spiro atoms. The largest absolute Gasteiger partial charge is 0.352 e. The van der Waals surface area contributed by atoms with Gasteiger partial charge in [0.2, 0.25) is 0 Å². The number of nitrogens with zero attached hydrogens (tertiary/aromatic N) is 3. The van der Waals surface area contributed by atoms with E-state index >= 15 is 0 Å². The van der Waals surface area contributed by atoms with E-state index < -0.39 is 0 Å². The highest BCUT2D eigenvalue weighted by molar-refractivity contribution is 6.20. The van der Waals surface area contributed by atoms with Gasteiger partial charge in [-0.1, -0.05) is 20.8 Å². The van der Waals surface area contributed by atoms with Crippen molar-refractivity contribution in [2.45, 2.75) is 39.1 Å². The molecule has 1 aliphatic rings. The lowest BCUT2D eigenvalue weighted by Gasteiger charge is -2.34. The van der Waals surface area contributed by atoms with Crippen LogP contribution >= 0.6 is 11.6 Å². The van der Waals surface area contributed by atoms with E-state index in [0.29, 0.717) is 17.7 Å². The number of alkyl halides is 1. The predicted molar refractivity (Wildman–Crippen MR) is 79.0 cm³/mol. The summed E-state index contributed by atoms with van der Waals surface area (Å²) < 4.78 is 1.75. The second-order valence-electron chi connectivity index (χ2n) is 5.83. The van der Waals surface area contributed by atoms with Crippen molar-refractivity contribution in [1.29, 1.82) is 0 Å². The third-order valence-corrected chi connectivity index (χ3v) is 4.21. The fraction of sp³-hybridized carbons (Fsp3) is 0.714. The molecule has 19 heavy (non-hydrogen) atoms. The van der Waals surface area contributed by atoms with Crippen molar-refractivity contribution in [2.75, 3.05) is 18.0 Å². The molecule has 2 atom stereocenters. The number of anilines is 1. The van der Waals surface area contributed by atoms with Crippen LogP contribution in [0.5, 0.6) is 0 Å². The first-order valence-electron chi connectivity index (χ1n) is 6.93. The standard InChI is InChI=1S/C14H22ClN3O/c1-10(2)8-18-7-5-16-13(14(18)19)17-6-4-12(15)11(3)9-17/h5,7,10-12H,4,6,8-9H2,1-3H3. The molecular formula is C14H22ClN3O. The van der Waals surface area contributed by atoms with Gasteiger partial charge in [-0.25, -0.2) is 4.98 Å². The Labute approximate surface area is 119 Å². The summed E-state index contributed by atoms with van der Waals surface area (Å²) in [5, 5.41) is 0.206. The topological polar surface area (TPSA) is 38.1 Å². The molecule has 0 bridgehead atoms. The van der Waals surface area contributed by atoms with E-state index in [2.05, 4.69) is 30.7 Å². The lowest BCUT2D eigenvalue weighted by molar-refractivity contribution is 0.447. The molecular weight excluding hydrogens is 262 g/mol. The van der Waals surface area contributed by atoms with E-state index in [1.165, 1.54) is 0 Å². The number of hydrogen-bond acceptors (Lipinski definition) is 3. The third-order valence-electron chi connectivity index (χ3n) is 3.56. The Morgan fingerprint density at radius 3 is 2.89 bits per heavy atom. The van der Waals surface area contributed by atoms with Crippen LogP contribution in [0.4, 0.5) is 5.82 Å². The van der Waals surface area contributed by atoms with Crippen LogP contribution in [0.25, 0.3) is 0 Å². The highest BCUT2D eigenvalue weighted by Gasteiger charge is 2.26. The van der Waals surface area contributed by atoms with Gasteiger partial charge in [0.15, 0.2) is 5.82 Å². The zero-order valence-electron chi connectivity index (χ0n) is 11.8. The molecule has 1 fully saturated rings. The number of halogens is 1. The number of rotatable bonds is 3. The van der Waals surface area contributed by atoms with Crippen LogP contribution in [0, 0.1) is 11.8 Å². The second kappa shape index (κ2) is 5.95. The summed E-state index contributed by atoms with van der Waals surface area (Å²) >= 11 is 6.23. The Hall–Kier alpha value is -1.03. The van der Waals surface area contributed by atoms with Crippen molar-refractivity contribution in [1.82, 2.24) is 9.55 Å². The fourth-order valence-corrected chi connectivity index (χ4v) is 2.68. The van der Waals surface area contributed by atoms with Gasteiger partial charge in [0.25, 0.3) is 5.56 Å². The number of piperidine rings is 1. The molecule has 0 saturated carbocycles. The van der Waals surface area contributed by atoms with E-state index in [9.17, 15) is 4.79 Å². The maximum absolute atomic E-state index is 12.4. The molecule has 0 N–H and O–H groups in total. The van der Waals surface area contributed by atoms with Crippen molar-refractivity contribution in [2.24, 2.45) is 11.8 Å². The van der Waals surface area contributed by atoms with Gasteiger partial charge in [0, 0.05) is 37.4 Å². The Morgan fingerprint density at radius 2 is 2.26 bits per heavy atom. The van der Waals surface area contributed by atoms with Gasteiger partial charge in [-0.05, 0) is 18.3 Å². The van der Waals surface area contributed by atoms with E-state index in [-0.39, 0.29) is 10.9 Å². The van der Waals surface area contributed by atoms with E-state index in [4.69, 9.17) is 11.6 Å². The summed E-state index contributed by atoms with van der Waals surface area (Å²) in [7, 11) is 0.